The summed E-state index contributed by atoms with van der Waals surface area (Å²) in [6, 6.07) is 16.5. The van der Waals surface area contributed by atoms with Gasteiger partial charge in [0, 0.05) is 0 Å². The van der Waals surface area contributed by atoms with Crippen LogP contribution in [0.15, 0.2) is 70.0 Å². The Morgan fingerprint density at radius 2 is 1.69 bits per heavy atom. The van der Waals surface area contributed by atoms with Crippen LogP contribution in [0.25, 0.3) is 16.7 Å². The summed E-state index contributed by atoms with van der Waals surface area (Å²) in [5, 5.41) is 1.53. The molecule has 0 N–H and O–H groups in total. The third-order valence-electron chi connectivity index (χ3n) is 7.13. The summed E-state index contributed by atoms with van der Waals surface area (Å²) in [5.74, 6) is 0. The molecule has 1 atom stereocenters. The van der Waals surface area contributed by atoms with Gasteiger partial charge in [0.05, 0.1) is 0 Å². The second-order valence-corrected chi connectivity index (χ2v) is 45.9. The van der Waals surface area contributed by atoms with E-state index in [4.69, 9.17) is 0 Å². The van der Waals surface area contributed by atoms with Gasteiger partial charge in [-0.25, -0.2) is 0 Å². The normalized spacial score (nSPS) is 19.2. The van der Waals surface area contributed by atoms with Gasteiger partial charge in [0.1, 0.15) is 0 Å². The second-order valence-electron chi connectivity index (χ2n) is 11.1. The zero-order valence-electron chi connectivity index (χ0n) is 18.8. The molecule has 0 nitrogen and oxygen atoms in total. The van der Waals surface area contributed by atoms with Gasteiger partial charge in [0.25, 0.3) is 0 Å². The van der Waals surface area contributed by atoms with E-state index in [1.807, 2.05) is 0 Å². The van der Waals surface area contributed by atoms with Gasteiger partial charge in [0.2, 0.25) is 0 Å². The first-order valence-electron chi connectivity index (χ1n) is 10.8. The average molecular weight is 494 g/mol. The van der Waals surface area contributed by atoms with E-state index in [-0.39, 0.29) is 0 Å². The summed E-state index contributed by atoms with van der Waals surface area (Å²) in [4.78, 5) is 0. The third kappa shape index (κ3) is 3.64. The summed E-state index contributed by atoms with van der Waals surface area (Å²) < 4.78 is 7.66. The molecule has 0 radical (unpaired) electrons. The molecular formula is C26H34Si2Zr. The van der Waals surface area contributed by atoms with Crippen molar-refractivity contribution in [3.8, 4) is 11.1 Å². The minimum atomic E-state index is -3.07. The van der Waals surface area contributed by atoms with Gasteiger partial charge in [-0.1, -0.05) is 0 Å². The van der Waals surface area contributed by atoms with E-state index in [2.05, 4.69) is 109 Å². The Bertz CT molecular complexity index is 1130. The van der Waals surface area contributed by atoms with E-state index in [1.54, 1.807) is 8.84 Å². The Morgan fingerprint density at radius 1 is 1.00 bits per heavy atom. The molecule has 0 saturated carbocycles. The Kier molecular flexibility index (Phi) is 5.13. The van der Waals surface area contributed by atoms with Crippen molar-refractivity contribution < 1.29 is 17.4 Å². The van der Waals surface area contributed by atoms with Crippen molar-refractivity contribution in [2.24, 2.45) is 0 Å². The van der Waals surface area contributed by atoms with Gasteiger partial charge < -0.3 is 0 Å². The first kappa shape index (κ1) is 21.2. The van der Waals surface area contributed by atoms with Gasteiger partial charge >= 0.3 is 181 Å². The van der Waals surface area contributed by atoms with E-state index >= 15 is 0 Å². The molecule has 4 rings (SSSR count). The van der Waals surface area contributed by atoms with Crippen LogP contribution in [0.4, 0.5) is 0 Å². The molecule has 2 aromatic carbocycles. The summed E-state index contributed by atoms with van der Waals surface area (Å²) >= 11 is -3.07. The molecule has 2 aliphatic rings. The predicted octanol–water partition coefficient (Wildman–Crippen LogP) is 6.53. The van der Waals surface area contributed by atoms with Crippen LogP contribution in [0.2, 0.25) is 28.9 Å². The van der Waals surface area contributed by atoms with Crippen molar-refractivity contribution >= 4 is 25.7 Å². The first-order valence-corrected chi connectivity index (χ1v) is 27.8. The number of hydrogen-bond acceptors (Lipinski definition) is 0. The summed E-state index contributed by atoms with van der Waals surface area (Å²) in [6.07, 6.45) is 10.8. The SMILES string of the molecule is CC1=C[CH]([Zr]([CH3])([CH3])(=[SiH2])[C]2=CC=CC2)c2cccc(-c3ccc([Si](C)(C)C)cc3)c21. The van der Waals surface area contributed by atoms with Gasteiger partial charge in [0.15, 0.2) is 0 Å². The van der Waals surface area contributed by atoms with Crippen LogP contribution in [-0.4, -0.2) is 15.0 Å². The van der Waals surface area contributed by atoms with E-state index < -0.39 is 25.5 Å². The summed E-state index contributed by atoms with van der Waals surface area (Å²) in [7, 11) is -1.27. The standard InChI is InChI=1S/C19H21Si.C5H5.2CH3.H2Si.Zr/c1-14-8-9-16-6-5-7-18(19(14)16)15-10-12-17(13-11-15)20(2,3)4;1-2-4-5-3-1;;;;/h5-13H,1-4H3;1-3H,4H2;2*1H3;1H2;. The molecule has 0 heterocycles. The fourth-order valence-corrected chi connectivity index (χ4v) is 19.3. The Morgan fingerprint density at radius 3 is 2.28 bits per heavy atom. The van der Waals surface area contributed by atoms with Gasteiger partial charge in [-0.05, 0) is 0 Å². The Labute approximate surface area is 180 Å². The molecule has 29 heavy (non-hydrogen) atoms. The van der Waals surface area contributed by atoms with E-state index in [0.29, 0.717) is 3.63 Å². The van der Waals surface area contributed by atoms with Crippen LogP contribution in [-0.2, 0) is 17.4 Å². The molecule has 0 amide bonds. The van der Waals surface area contributed by atoms with Crippen LogP contribution in [0.1, 0.15) is 28.1 Å². The number of fused-ring (bicyclic) bond motifs is 1. The molecule has 0 fully saturated rings. The van der Waals surface area contributed by atoms with Crippen LogP contribution >= 0.6 is 0 Å². The fraction of sp³-hybridized carbons (Fsp3) is 0.308. The molecule has 0 bridgehead atoms. The van der Waals surface area contributed by atoms with E-state index in [1.165, 1.54) is 33.9 Å². The van der Waals surface area contributed by atoms with Crippen LogP contribution in [0, 0.1) is 0 Å². The van der Waals surface area contributed by atoms with Crippen molar-refractivity contribution in [1.29, 1.82) is 0 Å². The fourth-order valence-electron chi connectivity index (χ4n) is 5.10. The van der Waals surface area contributed by atoms with Crippen molar-refractivity contribution in [2.45, 2.75) is 45.9 Å². The third-order valence-corrected chi connectivity index (χ3v) is 26.7. The predicted molar refractivity (Wildman–Crippen MR) is 133 cm³/mol. The first-order chi connectivity index (χ1) is 13.5. The Balaban J connectivity index is 1.82. The molecule has 2 aliphatic carbocycles. The summed E-state index contributed by atoms with van der Waals surface area (Å²) in [5.41, 5.74) is 7.32. The molecule has 0 spiro atoms. The van der Waals surface area contributed by atoms with E-state index in [9.17, 15) is 0 Å². The average Bonchev–Trinajstić information content (AvgIpc) is 3.30. The monoisotopic (exact) mass is 492 g/mol. The molecule has 3 heteroatoms. The molecule has 0 aromatic heterocycles. The number of benzene rings is 2. The molecule has 150 valence electrons. The molecule has 1 unspecified atom stereocenters. The Hall–Kier alpha value is -1.02. The number of rotatable bonds is 4. The van der Waals surface area contributed by atoms with Crippen LogP contribution < -0.4 is 5.19 Å². The zero-order valence-corrected chi connectivity index (χ0v) is 23.7. The molecule has 0 saturated heterocycles. The van der Waals surface area contributed by atoms with Crippen LogP contribution in [0.5, 0.6) is 0 Å². The maximum absolute atomic E-state index is 3.07. The maximum atomic E-state index is 2.65. The zero-order chi connectivity index (χ0) is 21.1. The van der Waals surface area contributed by atoms with Crippen molar-refractivity contribution in [3.05, 3.63) is 81.2 Å². The second kappa shape index (κ2) is 7.01. The van der Waals surface area contributed by atoms with Gasteiger partial charge in [-0.2, -0.15) is 0 Å². The summed E-state index contributed by atoms with van der Waals surface area (Å²) in [6.45, 7) is 12.0. The number of hydrogen-bond donors (Lipinski definition) is 0. The number of allylic oxidation sites excluding steroid dienone is 6. The van der Waals surface area contributed by atoms with Crippen molar-refractivity contribution in [3.63, 3.8) is 0 Å². The minimum absolute atomic E-state index is 0.608. The molecular weight excluding hydrogens is 460 g/mol. The van der Waals surface area contributed by atoms with Gasteiger partial charge in [-0.15, -0.1) is 0 Å². The molecule has 0 aliphatic heterocycles. The quantitative estimate of drug-likeness (QED) is 0.424. The van der Waals surface area contributed by atoms with Gasteiger partial charge in [-0.3, -0.25) is 0 Å². The van der Waals surface area contributed by atoms with E-state index in [0.717, 1.165) is 0 Å². The molecule has 2 aromatic rings. The van der Waals surface area contributed by atoms with Crippen LogP contribution in [0.3, 0.4) is 0 Å². The topological polar surface area (TPSA) is 0 Å². The van der Waals surface area contributed by atoms with Crippen molar-refractivity contribution in [2.75, 3.05) is 0 Å². The van der Waals surface area contributed by atoms with Crippen molar-refractivity contribution in [1.82, 2.24) is 0 Å².